The monoisotopic (exact) mass is 522 g/mol. The molecule has 1 aromatic carbocycles. The molecular formula is C26H21F3N6O3. The third kappa shape index (κ3) is 5.83. The van der Waals surface area contributed by atoms with Crippen molar-refractivity contribution in [1.82, 2.24) is 19.7 Å². The predicted octanol–water partition coefficient (Wildman–Crippen LogP) is 4.80. The molecule has 1 saturated heterocycles. The number of ether oxygens (including phenoxy) is 1. The molecule has 0 aliphatic carbocycles. The van der Waals surface area contributed by atoms with Crippen molar-refractivity contribution in [2.75, 3.05) is 18.0 Å². The van der Waals surface area contributed by atoms with Crippen LogP contribution in [0.3, 0.4) is 0 Å². The Labute approximate surface area is 214 Å². The number of rotatable bonds is 6. The molecule has 194 valence electrons. The molecule has 5 rings (SSSR count). The van der Waals surface area contributed by atoms with Gasteiger partial charge in [-0.25, -0.2) is 11.6 Å². The summed E-state index contributed by atoms with van der Waals surface area (Å²) in [5.74, 6) is 0.784. The van der Waals surface area contributed by atoms with Crippen molar-refractivity contribution >= 4 is 5.82 Å². The molecule has 0 spiro atoms. The summed E-state index contributed by atoms with van der Waals surface area (Å²) in [4.78, 5) is 27.1. The van der Waals surface area contributed by atoms with Crippen LogP contribution in [0, 0.1) is 6.57 Å². The maximum Gasteiger partial charge on any atom is 0.573 e. The Morgan fingerprint density at radius 2 is 1.82 bits per heavy atom. The number of anilines is 1. The molecule has 9 nitrogen and oxygen atoms in total. The minimum absolute atomic E-state index is 0.0590. The van der Waals surface area contributed by atoms with E-state index >= 15 is 0 Å². The molecule has 4 heterocycles. The fourth-order valence-electron chi connectivity index (χ4n) is 4.20. The van der Waals surface area contributed by atoms with Gasteiger partial charge in [-0.05, 0) is 48.0 Å². The van der Waals surface area contributed by atoms with Gasteiger partial charge in [-0.3, -0.25) is 4.79 Å². The lowest BCUT2D eigenvalue weighted by Gasteiger charge is -2.28. The molecule has 0 unspecified atom stereocenters. The number of halogens is 3. The lowest BCUT2D eigenvalue weighted by atomic mass is 10.1. The van der Waals surface area contributed by atoms with Crippen molar-refractivity contribution in [1.29, 1.82) is 0 Å². The largest absolute Gasteiger partial charge is 0.573 e. The van der Waals surface area contributed by atoms with Crippen LogP contribution < -0.4 is 15.2 Å². The molecule has 0 atom stereocenters. The number of pyridine rings is 2. The first kappa shape index (κ1) is 25.0. The highest BCUT2D eigenvalue weighted by atomic mass is 19.4. The Balaban J connectivity index is 1.32. The van der Waals surface area contributed by atoms with Crippen LogP contribution in [0.2, 0.25) is 0 Å². The van der Waals surface area contributed by atoms with E-state index in [-0.39, 0.29) is 29.1 Å². The Bertz CT molecular complexity index is 1520. The fourth-order valence-corrected chi connectivity index (χ4v) is 4.20. The molecule has 3 aromatic heterocycles. The van der Waals surface area contributed by atoms with Crippen LogP contribution in [0.25, 0.3) is 27.7 Å². The molecule has 0 saturated carbocycles. The molecule has 12 heteroatoms. The van der Waals surface area contributed by atoms with Crippen LogP contribution in [0.15, 0.2) is 70.2 Å². The zero-order chi connectivity index (χ0) is 26.7. The lowest BCUT2D eigenvalue weighted by molar-refractivity contribution is -0.274. The van der Waals surface area contributed by atoms with E-state index in [4.69, 9.17) is 11.1 Å². The van der Waals surface area contributed by atoms with Gasteiger partial charge in [-0.2, -0.15) is 4.98 Å². The smallest absolute Gasteiger partial charge is 0.406 e. The van der Waals surface area contributed by atoms with Crippen LogP contribution in [-0.2, 0) is 6.54 Å². The highest BCUT2D eigenvalue weighted by Gasteiger charge is 2.31. The fraction of sp³-hybridized carbons (Fsp3) is 0.269. The van der Waals surface area contributed by atoms with E-state index in [2.05, 4.69) is 29.6 Å². The Morgan fingerprint density at radius 3 is 2.53 bits per heavy atom. The van der Waals surface area contributed by atoms with Crippen molar-refractivity contribution in [2.24, 2.45) is 0 Å². The van der Waals surface area contributed by atoms with E-state index in [1.54, 1.807) is 18.5 Å². The SMILES string of the molecule is [C-]#[N+]C1CCN(c2cc(Cn3cc(-c4nc(-c5ccc(OC(F)(F)F)cc5)no4)ccc3=O)ccn2)CC1. The number of hydrogen-bond donors (Lipinski definition) is 0. The van der Waals surface area contributed by atoms with Crippen LogP contribution in [0.5, 0.6) is 5.75 Å². The molecule has 0 amide bonds. The third-order valence-electron chi connectivity index (χ3n) is 6.14. The Morgan fingerprint density at radius 1 is 1.08 bits per heavy atom. The third-order valence-corrected chi connectivity index (χ3v) is 6.14. The first-order chi connectivity index (χ1) is 18.3. The highest BCUT2D eigenvalue weighted by Crippen LogP contribution is 2.27. The predicted molar refractivity (Wildman–Crippen MR) is 131 cm³/mol. The summed E-state index contributed by atoms with van der Waals surface area (Å²) in [7, 11) is 0. The summed E-state index contributed by atoms with van der Waals surface area (Å²) in [6, 6.07) is 11.9. The van der Waals surface area contributed by atoms with Crippen molar-refractivity contribution < 1.29 is 22.4 Å². The van der Waals surface area contributed by atoms with Crippen LogP contribution >= 0.6 is 0 Å². The molecule has 0 radical (unpaired) electrons. The summed E-state index contributed by atoms with van der Waals surface area (Å²) in [6.07, 6.45) is 0.137. The first-order valence-corrected chi connectivity index (χ1v) is 11.7. The average Bonchev–Trinajstić information content (AvgIpc) is 3.40. The van der Waals surface area contributed by atoms with E-state index in [1.165, 1.54) is 22.8 Å². The molecule has 1 aliphatic heterocycles. The van der Waals surface area contributed by atoms with E-state index in [1.807, 2.05) is 12.1 Å². The average molecular weight is 522 g/mol. The molecular weight excluding hydrogens is 501 g/mol. The summed E-state index contributed by atoms with van der Waals surface area (Å²) in [5, 5.41) is 3.91. The highest BCUT2D eigenvalue weighted by molar-refractivity contribution is 5.60. The second-order valence-corrected chi connectivity index (χ2v) is 8.75. The number of benzene rings is 1. The normalized spacial score (nSPS) is 14.3. The molecule has 4 aromatic rings. The van der Waals surface area contributed by atoms with Gasteiger partial charge in [0.25, 0.3) is 11.4 Å². The first-order valence-electron chi connectivity index (χ1n) is 11.7. The van der Waals surface area contributed by atoms with E-state index in [0.717, 1.165) is 49.4 Å². The number of nitrogens with zero attached hydrogens (tertiary/aromatic N) is 6. The number of piperidine rings is 1. The molecule has 38 heavy (non-hydrogen) atoms. The van der Waals surface area contributed by atoms with Gasteiger partial charge in [0.2, 0.25) is 11.9 Å². The van der Waals surface area contributed by atoms with Gasteiger partial charge in [-0.15, -0.1) is 13.2 Å². The van der Waals surface area contributed by atoms with Crippen molar-refractivity contribution in [2.45, 2.75) is 31.8 Å². The maximum atomic E-state index is 12.6. The molecule has 1 fully saturated rings. The minimum Gasteiger partial charge on any atom is -0.406 e. The van der Waals surface area contributed by atoms with E-state index in [0.29, 0.717) is 17.7 Å². The van der Waals surface area contributed by atoms with Crippen LogP contribution in [0.1, 0.15) is 18.4 Å². The van der Waals surface area contributed by atoms with Crippen molar-refractivity contribution in [3.63, 3.8) is 0 Å². The summed E-state index contributed by atoms with van der Waals surface area (Å²) in [6.45, 7) is 9.02. The van der Waals surface area contributed by atoms with Gasteiger partial charge >= 0.3 is 6.36 Å². The van der Waals surface area contributed by atoms with Gasteiger partial charge in [0.15, 0.2) is 0 Å². The second-order valence-electron chi connectivity index (χ2n) is 8.75. The maximum absolute atomic E-state index is 12.6. The van der Waals surface area contributed by atoms with Gasteiger partial charge < -0.3 is 23.6 Å². The standard InChI is InChI=1S/C26H21F3N6O3/c1-30-20-9-12-34(13-10-20)22-14-17(8-11-31-22)15-35-16-19(4-7-23(35)36)25-32-24(33-38-25)18-2-5-21(6-3-18)37-26(27,28)29/h2-8,11,14,16,20H,9-10,12-13,15H2. The summed E-state index contributed by atoms with van der Waals surface area (Å²) in [5.41, 5.74) is 1.61. The number of aromatic nitrogens is 4. The molecule has 0 bridgehead atoms. The minimum atomic E-state index is -4.78. The zero-order valence-electron chi connectivity index (χ0n) is 19.9. The molecule has 1 aliphatic rings. The van der Waals surface area contributed by atoms with Gasteiger partial charge in [0.1, 0.15) is 11.6 Å². The Hall–Kier alpha value is -4.66. The summed E-state index contributed by atoms with van der Waals surface area (Å²) < 4.78 is 47.9. The zero-order valence-corrected chi connectivity index (χ0v) is 19.9. The Kier molecular flexibility index (Phi) is 6.83. The lowest BCUT2D eigenvalue weighted by Crippen LogP contribution is -2.35. The van der Waals surface area contributed by atoms with Crippen molar-refractivity contribution in [3.05, 3.63) is 88.3 Å². The topological polar surface area (TPSA) is 90.6 Å². The van der Waals surface area contributed by atoms with Crippen molar-refractivity contribution in [3.8, 4) is 28.6 Å². The number of hydrogen-bond acceptors (Lipinski definition) is 7. The second kappa shape index (κ2) is 10.4. The number of alkyl halides is 3. The van der Waals surface area contributed by atoms with Crippen LogP contribution in [-0.4, -0.2) is 45.2 Å². The van der Waals surface area contributed by atoms with Crippen LogP contribution in [0.4, 0.5) is 19.0 Å². The van der Waals surface area contributed by atoms with Gasteiger partial charge in [0.05, 0.1) is 12.1 Å². The summed E-state index contributed by atoms with van der Waals surface area (Å²) >= 11 is 0. The van der Waals surface area contributed by atoms with E-state index < -0.39 is 6.36 Å². The van der Waals surface area contributed by atoms with Gasteiger partial charge in [-0.1, -0.05) is 5.16 Å². The van der Waals surface area contributed by atoms with E-state index in [9.17, 15) is 18.0 Å². The molecule has 0 N–H and O–H groups in total. The van der Waals surface area contributed by atoms with Gasteiger partial charge in [0, 0.05) is 50.0 Å². The quantitative estimate of drug-likeness (QED) is 0.336.